The monoisotopic (exact) mass is 645 g/mol. The number of aromatic amines is 1. The van der Waals surface area contributed by atoms with Crippen molar-refractivity contribution in [1.82, 2.24) is 9.88 Å². The van der Waals surface area contributed by atoms with Crippen molar-refractivity contribution in [3.63, 3.8) is 0 Å². The van der Waals surface area contributed by atoms with Crippen LogP contribution in [0.2, 0.25) is 0 Å². The van der Waals surface area contributed by atoms with E-state index in [4.69, 9.17) is 0 Å². The average molecular weight is 647 g/mol. The van der Waals surface area contributed by atoms with Crippen molar-refractivity contribution >= 4 is 73.2 Å². The smallest absolute Gasteiger partial charge is 0.305 e. The van der Waals surface area contributed by atoms with Crippen molar-refractivity contribution in [3.05, 3.63) is 91.3 Å². The number of hydrogen-bond acceptors (Lipinski definition) is 6. The SMILES string of the molecule is O=C(CN1C(=O)C2C3CC(C2C1=O)C1C3Sc2[nH]c(=O)sc2[C@@H]1c1ccc(Br)cc1)Nc1cccc2ccccc12. The molecule has 3 fully saturated rings. The van der Waals surface area contributed by atoms with Crippen molar-refractivity contribution in [1.29, 1.82) is 0 Å². The van der Waals surface area contributed by atoms with E-state index >= 15 is 0 Å². The van der Waals surface area contributed by atoms with Crippen molar-refractivity contribution in [2.24, 2.45) is 29.6 Å². The van der Waals surface area contributed by atoms with Gasteiger partial charge in [0.1, 0.15) is 6.54 Å². The summed E-state index contributed by atoms with van der Waals surface area (Å²) >= 11 is 6.45. The first-order valence-electron chi connectivity index (χ1n) is 13.7. The molecule has 8 rings (SSSR count). The summed E-state index contributed by atoms with van der Waals surface area (Å²) in [6.07, 6.45) is 0.817. The normalized spacial score (nSPS) is 29.5. The van der Waals surface area contributed by atoms with Crippen LogP contribution in [0.5, 0.6) is 0 Å². The van der Waals surface area contributed by atoms with Gasteiger partial charge in [0.2, 0.25) is 17.7 Å². The van der Waals surface area contributed by atoms with Crippen LogP contribution in [0.3, 0.4) is 0 Å². The van der Waals surface area contributed by atoms with Crippen LogP contribution in [-0.2, 0) is 14.4 Å². The van der Waals surface area contributed by atoms with Gasteiger partial charge in [-0.05, 0) is 53.3 Å². The molecule has 3 amide bonds. The van der Waals surface area contributed by atoms with Gasteiger partial charge in [-0.3, -0.25) is 24.1 Å². The second kappa shape index (κ2) is 9.40. The maximum atomic E-state index is 13.9. The molecule has 2 saturated carbocycles. The van der Waals surface area contributed by atoms with Gasteiger partial charge in [0.05, 0.1) is 16.9 Å². The Bertz CT molecular complexity index is 1810. The number of carbonyl (C=O) groups excluding carboxylic acids is 3. The minimum atomic E-state index is -0.421. The zero-order chi connectivity index (χ0) is 28.0. The molecule has 2 aliphatic heterocycles. The Hall–Kier alpha value is -3.21. The van der Waals surface area contributed by atoms with E-state index < -0.39 is 11.8 Å². The Morgan fingerprint density at radius 2 is 1.68 bits per heavy atom. The lowest BCUT2D eigenvalue weighted by Crippen LogP contribution is -2.42. The number of H-pyrrole nitrogens is 1. The zero-order valence-corrected chi connectivity index (χ0v) is 24.8. The standard InChI is InChI=1S/C31H24BrN3O4S2/c32-16-10-8-15(9-11-16)22-23-18-12-19(26(23)40-28-27(22)41-31(39)34-28)25-24(18)29(37)35(30(25)38)13-21(36)33-20-7-3-5-14-4-1-2-6-17(14)20/h1-11,18-19,22-26H,12-13H2,(H,33,36)(H,34,39)/t18?,19?,22-,23?,24?,25?,26?/m1/s1. The van der Waals surface area contributed by atoms with Crippen LogP contribution in [0, 0.1) is 29.6 Å². The fraction of sp³-hybridized carbons (Fsp3) is 0.290. The molecule has 1 saturated heterocycles. The number of thiazole rings is 1. The number of thioether (sulfide) groups is 1. The van der Waals surface area contributed by atoms with Gasteiger partial charge >= 0.3 is 4.87 Å². The molecule has 10 heteroatoms. The number of imide groups is 1. The maximum Gasteiger partial charge on any atom is 0.305 e. The molecule has 0 radical (unpaired) electrons. The zero-order valence-electron chi connectivity index (χ0n) is 21.6. The molecular weight excluding hydrogens is 622 g/mol. The van der Waals surface area contributed by atoms with Crippen LogP contribution in [0.4, 0.5) is 5.69 Å². The summed E-state index contributed by atoms with van der Waals surface area (Å²) in [5, 5.41) is 5.84. The molecule has 2 N–H and O–H groups in total. The number of nitrogens with one attached hydrogen (secondary N) is 2. The Balaban J connectivity index is 1.09. The third kappa shape index (κ3) is 3.83. The average Bonchev–Trinajstić information content (AvgIpc) is 3.70. The Morgan fingerprint density at radius 3 is 2.49 bits per heavy atom. The number of halogens is 1. The lowest BCUT2D eigenvalue weighted by Gasteiger charge is -2.43. The van der Waals surface area contributed by atoms with Crippen molar-refractivity contribution in [2.45, 2.75) is 22.6 Å². The molecule has 41 heavy (non-hydrogen) atoms. The highest BCUT2D eigenvalue weighted by Gasteiger charge is 2.69. The van der Waals surface area contributed by atoms with Gasteiger partial charge < -0.3 is 10.3 Å². The van der Waals surface area contributed by atoms with Gasteiger partial charge in [0.15, 0.2) is 0 Å². The molecule has 0 spiro atoms. The Labute approximate surface area is 251 Å². The van der Waals surface area contributed by atoms with Crippen LogP contribution in [-0.4, -0.2) is 39.4 Å². The highest BCUT2D eigenvalue weighted by molar-refractivity contribution is 9.10. The third-order valence-corrected chi connectivity index (χ3v) is 12.5. The van der Waals surface area contributed by atoms with E-state index in [9.17, 15) is 19.2 Å². The van der Waals surface area contributed by atoms with E-state index in [-0.39, 0.29) is 58.1 Å². The molecule has 206 valence electrons. The molecule has 7 nitrogen and oxygen atoms in total. The fourth-order valence-corrected chi connectivity index (χ4v) is 11.1. The molecule has 4 aliphatic rings. The molecule has 4 aromatic rings. The van der Waals surface area contributed by atoms with Crippen LogP contribution in [0.15, 0.2) is 81.0 Å². The summed E-state index contributed by atoms with van der Waals surface area (Å²) in [6, 6.07) is 21.6. The van der Waals surface area contributed by atoms with Crippen LogP contribution >= 0.6 is 39.0 Å². The largest absolute Gasteiger partial charge is 0.324 e. The van der Waals surface area contributed by atoms with Crippen molar-refractivity contribution in [3.8, 4) is 0 Å². The highest BCUT2D eigenvalue weighted by atomic mass is 79.9. The summed E-state index contributed by atoms with van der Waals surface area (Å²) in [5.41, 5.74) is 1.78. The maximum absolute atomic E-state index is 13.9. The van der Waals surface area contributed by atoms with Crippen LogP contribution in [0.25, 0.3) is 10.8 Å². The number of rotatable bonds is 4. The molecule has 3 aromatic carbocycles. The second-order valence-corrected chi connectivity index (χ2v) is 14.5. The first kappa shape index (κ1) is 25.5. The number of aromatic nitrogens is 1. The number of fused-ring (bicyclic) bond motifs is 10. The number of likely N-dealkylation sites (tertiary alicyclic amines) is 1. The second-order valence-electron chi connectivity index (χ2n) is 11.3. The topological polar surface area (TPSA) is 99.3 Å². The van der Waals surface area contributed by atoms with Crippen molar-refractivity contribution in [2.75, 3.05) is 11.9 Å². The van der Waals surface area contributed by atoms with Gasteiger partial charge in [0.25, 0.3) is 0 Å². The third-order valence-electron chi connectivity index (χ3n) is 9.41. The molecule has 2 bridgehead atoms. The molecular formula is C31H24BrN3O4S2. The van der Waals surface area contributed by atoms with E-state index in [1.54, 1.807) is 11.8 Å². The summed E-state index contributed by atoms with van der Waals surface area (Å²) in [6.45, 7) is -0.285. The van der Waals surface area contributed by atoms with E-state index in [0.29, 0.717) is 5.69 Å². The van der Waals surface area contributed by atoms with Gasteiger partial charge in [-0.2, -0.15) is 0 Å². The number of nitrogens with zero attached hydrogens (tertiary/aromatic N) is 1. The number of amides is 3. The van der Waals surface area contributed by atoms with Gasteiger partial charge in [-0.1, -0.05) is 75.8 Å². The van der Waals surface area contributed by atoms with E-state index in [1.807, 2.05) is 54.6 Å². The van der Waals surface area contributed by atoms with Gasteiger partial charge in [-0.25, -0.2) is 0 Å². The quantitative estimate of drug-likeness (QED) is 0.287. The van der Waals surface area contributed by atoms with Crippen molar-refractivity contribution < 1.29 is 14.4 Å². The minimum Gasteiger partial charge on any atom is -0.324 e. The van der Waals surface area contributed by atoms with E-state index in [2.05, 4.69) is 38.4 Å². The molecule has 1 aromatic heterocycles. The summed E-state index contributed by atoms with van der Waals surface area (Å²) in [7, 11) is 0. The highest BCUT2D eigenvalue weighted by Crippen LogP contribution is 2.68. The molecule has 7 atom stereocenters. The van der Waals surface area contributed by atoms with E-state index in [1.165, 1.54) is 16.2 Å². The fourth-order valence-electron chi connectivity index (χ4n) is 7.95. The molecule has 6 unspecified atom stereocenters. The summed E-state index contributed by atoms with van der Waals surface area (Å²) in [4.78, 5) is 58.4. The summed E-state index contributed by atoms with van der Waals surface area (Å²) < 4.78 is 0.979. The Morgan fingerprint density at radius 1 is 0.951 bits per heavy atom. The summed E-state index contributed by atoms with van der Waals surface area (Å²) in [5.74, 6) is -1.52. The first-order chi connectivity index (χ1) is 19.9. The predicted octanol–water partition coefficient (Wildman–Crippen LogP) is 5.46. The number of benzene rings is 3. The van der Waals surface area contributed by atoms with Gasteiger partial charge in [0, 0.05) is 31.6 Å². The van der Waals surface area contributed by atoms with Crippen LogP contribution in [0.1, 0.15) is 22.8 Å². The Kier molecular flexibility index (Phi) is 5.85. The first-order valence-corrected chi connectivity index (χ1v) is 16.2. The number of carbonyl (C=O) groups is 3. The number of anilines is 1. The van der Waals surface area contributed by atoms with E-state index in [0.717, 1.165) is 37.1 Å². The molecule has 3 heterocycles. The minimum absolute atomic E-state index is 0.0177. The lowest BCUT2D eigenvalue weighted by molar-refractivity contribution is -0.143. The number of hydrogen-bond donors (Lipinski definition) is 2. The van der Waals surface area contributed by atoms with Gasteiger partial charge in [-0.15, -0.1) is 11.8 Å². The van der Waals surface area contributed by atoms with Crippen LogP contribution < -0.4 is 10.2 Å². The molecule has 2 aliphatic carbocycles. The predicted molar refractivity (Wildman–Crippen MR) is 162 cm³/mol. The lowest BCUT2D eigenvalue weighted by atomic mass is 9.68.